The Morgan fingerprint density at radius 1 is 1.21 bits per heavy atom. The van der Waals surface area contributed by atoms with Gasteiger partial charge in [-0.3, -0.25) is 14.8 Å². The summed E-state index contributed by atoms with van der Waals surface area (Å²) in [7, 11) is 0. The van der Waals surface area contributed by atoms with Crippen molar-refractivity contribution < 1.29 is 0 Å². The number of aryl methyl sites for hydroxylation is 1. The lowest BCUT2D eigenvalue weighted by molar-refractivity contribution is 0.449. The van der Waals surface area contributed by atoms with Crippen LogP contribution in [-0.4, -0.2) is 15.3 Å². The fourth-order valence-corrected chi connectivity index (χ4v) is 3.62. The Kier molecular flexibility index (Phi) is 3.92. The SMILES string of the molecule is CC1CC(=NNc2ccccc2)c2nc3c(c(=O)n2C1)CCCC3. The average molecular weight is 322 g/mol. The predicted molar refractivity (Wildman–Crippen MR) is 95.5 cm³/mol. The molecule has 2 aromatic rings. The van der Waals surface area contributed by atoms with Gasteiger partial charge in [0.1, 0.15) is 5.71 Å². The van der Waals surface area contributed by atoms with E-state index in [4.69, 9.17) is 4.98 Å². The molecule has 1 aliphatic carbocycles. The van der Waals surface area contributed by atoms with Gasteiger partial charge >= 0.3 is 0 Å². The largest absolute Gasteiger partial charge is 0.291 e. The number of rotatable bonds is 2. The van der Waals surface area contributed by atoms with Crippen LogP contribution in [0.2, 0.25) is 0 Å². The molecule has 1 unspecified atom stereocenters. The summed E-state index contributed by atoms with van der Waals surface area (Å²) in [5, 5.41) is 4.58. The molecule has 0 saturated carbocycles. The maximum Gasteiger partial charge on any atom is 0.257 e. The van der Waals surface area contributed by atoms with Crippen molar-refractivity contribution in [2.75, 3.05) is 5.43 Å². The van der Waals surface area contributed by atoms with Gasteiger partial charge in [-0.05, 0) is 50.2 Å². The lowest BCUT2D eigenvalue weighted by atomic mass is 9.94. The minimum Gasteiger partial charge on any atom is -0.291 e. The van der Waals surface area contributed by atoms with E-state index in [-0.39, 0.29) is 5.56 Å². The summed E-state index contributed by atoms with van der Waals surface area (Å²) >= 11 is 0. The van der Waals surface area contributed by atoms with Gasteiger partial charge in [-0.1, -0.05) is 25.1 Å². The summed E-state index contributed by atoms with van der Waals surface area (Å²) in [6.07, 6.45) is 4.83. The smallest absolute Gasteiger partial charge is 0.257 e. The molecule has 0 saturated heterocycles. The van der Waals surface area contributed by atoms with Crippen molar-refractivity contribution in [1.29, 1.82) is 0 Å². The van der Waals surface area contributed by atoms with Crippen molar-refractivity contribution in [3.63, 3.8) is 0 Å². The van der Waals surface area contributed by atoms with Crippen molar-refractivity contribution in [2.45, 2.75) is 45.6 Å². The summed E-state index contributed by atoms with van der Waals surface area (Å²) in [6.45, 7) is 2.89. The van der Waals surface area contributed by atoms with Crippen LogP contribution in [0.4, 0.5) is 5.69 Å². The summed E-state index contributed by atoms with van der Waals surface area (Å²) in [5.41, 5.74) is 6.98. The van der Waals surface area contributed by atoms with E-state index in [9.17, 15) is 4.79 Å². The van der Waals surface area contributed by atoms with E-state index in [2.05, 4.69) is 17.5 Å². The van der Waals surface area contributed by atoms with Crippen molar-refractivity contribution in [3.05, 3.63) is 57.8 Å². The van der Waals surface area contributed by atoms with Crippen LogP contribution in [-0.2, 0) is 19.4 Å². The summed E-state index contributed by atoms with van der Waals surface area (Å²) in [6, 6.07) is 9.87. The Hall–Kier alpha value is -2.43. The first-order chi connectivity index (χ1) is 11.7. The molecule has 0 spiro atoms. The van der Waals surface area contributed by atoms with Crippen LogP contribution >= 0.6 is 0 Å². The molecule has 1 aromatic carbocycles. The van der Waals surface area contributed by atoms with E-state index in [1.807, 2.05) is 34.9 Å². The zero-order chi connectivity index (χ0) is 16.5. The third-order valence-corrected chi connectivity index (χ3v) is 4.83. The Morgan fingerprint density at radius 3 is 2.83 bits per heavy atom. The van der Waals surface area contributed by atoms with Gasteiger partial charge in [-0.2, -0.15) is 5.10 Å². The molecule has 1 aliphatic heterocycles. The lowest BCUT2D eigenvalue weighted by Crippen LogP contribution is -2.39. The van der Waals surface area contributed by atoms with E-state index in [1.54, 1.807) is 0 Å². The normalized spacial score (nSPS) is 21.2. The molecule has 1 N–H and O–H groups in total. The number of hydrazone groups is 1. The first kappa shape index (κ1) is 15.1. The first-order valence-corrected chi connectivity index (χ1v) is 8.73. The molecule has 0 amide bonds. The molecule has 2 aliphatic rings. The molecule has 24 heavy (non-hydrogen) atoms. The van der Waals surface area contributed by atoms with E-state index in [1.165, 1.54) is 0 Å². The zero-order valence-electron chi connectivity index (χ0n) is 14.0. The van der Waals surface area contributed by atoms with Gasteiger partial charge in [0.05, 0.1) is 11.4 Å². The van der Waals surface area contributed by atoms with Gasteiger partial charge in [-0.15, -0.1) is 0 Å². The molecular formula is C19H22N4O. The van der Waals surface area contributed by atoms with E-state index >= 15 is 0 Å². The van der Waals surface area contributed by atoms with E-state index in [0.29, 0.717) is 5.92 Å². The van der Waals surface area contributed by atoms with Crippen LogP contribution in [0.5, 0.6) is 0 Å². The Labute approximate surface area is 141 Å². The third kappa shape index (κ3) is 2.75. The molecule has 4 rings (SSSR count). The second-order valence-corrected chi connectivity index (χ2v) is 6.83. The van der Waals surface area contributed by atoms with Crippen molar-refractivity contribution in [3.8, 4) is 0 Å². The van der Waals surface area contributed by atoms with Gasteiger partial charge in [0.25, 0.3) is 5.56 Å². The third-order valence-electron chi connectivity index (χ3n) is 4.83. The minimum atomic E-state index is 0.147. The Morgan fingerprint density at radius 2 is 2.00 bits per heavy atom. The number of fused-ring (bicyclic) bond motifs is 2. The molecule has 0 bridgehead atoms. The van der Waals surface area contributed by atoms with Gasteiger partial charge in [-0.25, -0.2) is 4.98 Å². The van der Waals surface area contributed by atoms with Gasteiger partial charge in [0, 0.05) is 12.1 Å². The predicted octanol–water partition coefficient (Wildman–Crippen LogP) is 2.98. The maximum atomic E-state index is 12.9. The van der Waals surface area contributed by atoms with Crippen LogP contribution in [0.15, 0.2) is 40.2 Å². The number of para-hydroxylation sites is 1. The molecule has 0 fully saturated rings. The first-order valence-electron chi connectivity index (χ1n) is 8.73. The van der Waals surface area contributed by atoms with Crippen molar-refractivity contribution in [1.82, 2.24) is 9.55 Å². The van der Waals surface area contributed by atoms with Crippen LogP contribution in [0.25, 0.3) is 0 Å². The Balaban J connectivity index is 1.76. The number of nitrogens with zero attached hydrogens (tertiary/aromatic N) is 3. The highest BCUT2D eigenvalue weighted by Crippen LogP contribution is 2.22. The summed E-state index contributed by atoms with van der Waals surface area (Å²) < 4.78 is 1.84. The standard InChI is InChI=1S/C19H22N4O/c1-13-11-17(22-21-14-7-3-2-4-8-14)18-20-16-10-6-5-9-15(16)19(24)23(18)12-13/h2-4,7-8,13,21H,5-6,9-12H2,1H3. The molecule has 1 aromatic heterocycles. The molecule has 0 radical (unpaired) electrons. The van der Waals surface area contributed by atoms with E-state index < -0.39 is 0 Å². The number of anilines is 1. The van der Waals surface area contributed by atoms with Gasteiger partial charge < -0.3 is 0 Å². The van der Waals surface area contributed by atoms with Crippen molar-refractivity contribution >= 4 is 11.4 Å². The van der Waals surface area contributed by atoms with Crippen LogP contribution in [0.1, 0.15) is 43.3 Å². The fourth-order valence-electron chi connectivity index (χ4n) is 3.62. The Bertz CT molecular complexity index is 838. The number of hydrogen-bond donors (Lipinski definition) is 1. The highest BCUT2D eigenvalue weighted by atomic mass is 16.1. The number of nitrogens with one attached hydrogen (secondary N) is 1. The molecule has 5 heteroatoms. The number of hydrogen-bond acceptors (Lipinski definition) is 4. The van der Waals surface area contributed by atoms with Crippen molar-refractivity contribution in [2.24, 2.45) is 11.0 Å². The maximum absolute atomic E-state index is 12.9. The van der Waals surface area contributed by atoms with E-state index in [0.717, 1.165) is 67.1 Å². The summed E-state index contributed by atoms with van der Waals surface area (Å²) in [5.74, 6) is 1.14. The quantitative estimate of drug-likeness (QED) is 0.865. The highest BCUT2D eigenvalue weighted by Gasteiger charge is 2.27. The van der Waals surface area contributed by atoms with Crippen LogP contribution in [0.3, 0.4) is 0 Å². The second-order valence-electron chi connectivity index (χ2n) is 6.83. The lowest BCUT2D eigenvalue weighted by Gasteiger charge is -2.27. The molecule has 124 valence electrons. The second kappa shape index (κ2) is 6.23. The molecule has 2 heterocycles. The number of aromatic nitrogens is 2. The monoisotopic (exact) mass is 322 g/mol. The summed E-state index contributed by atoms with van der Waals surface area (Å²) in [4.78, 5) is 17.7. The zero-order valence-corrected chi connectivity index (χ0v) is 14.0. The highest BCUT2D eigenvalue weighted by molar-refractivity contribution is 5.98. The molecule has 1 atom stereocenters. The van der Waals surface area contributed by atoms with Crippen LogP contribution < -0.4 is 11.0 Å². The average Bonchev–Trinajstić information content (AvgIpc) is 2.62. The topological polar surface area (TPSA) is 59.3 Å². The molecule has 5 nitrogen and oxygen atoms in total. The van der Waals surface area contributed by atoms with Crippen LogP contribution in [0, 0.1) is 5.92 Å². The fraction of sp³-hybridized carbons (Fsp3) is 0.421. The number of benzene rings is 1. The van der Waals surface area contributed by atoms with Gasteiger partial charge in [0.2, 0.25) is 0 Å². The minimum absolute atomic E-state index is 0.147. The van der Waals surface area contributed by atoms with Gasteiger partial charge in [0.15, 0.2) is 5.82 Å². The molecular weight excluding hydrogens is 300 g/mol.